The van der Waals surface area contributed by atoms with Gasteiger partial charge in [0.25, 0.3) is 0 Å². The van der Waals surface area contributed by atoms with Crippen LogP contribution in [0.25, 0.3) is 0 Å². The van der Waals surface area contributed by atoms with E-state index in [1.54, 1.807) is 0 Å². The third-order valence-corrected chi connectivity index (χ3v) is 3.10. The van der Waals surface area contributed by atoms with Crippen molar-refractivity contribution in [2.45, 2.75) is 31.3 Å². The van der Waals surface area contributed by atoms with E-state index in [9.17, 15) is 19.2 Å². The molecule has 1 aliphatic rings. The average molecular weight is 340 g/mol. The number of carboxylic acids is 4. The number of aliphatic carboxylic acids is 4. The molecule has 0 radical (unpaired) electrons. The molecule has 0 spiro atoms. The van der Waals surface area contributed by atoms with Gasteiger partial charge in [0.15, 0.2) is 0 Å². The number of aliphatic imine (C=N–C) groups is 1. The predicted octanol–water partition coefficient (Wildman–Crippen LogP) is -0.283. The van der Waals surface area contributed by atoms with Gasteiger partial charge in [-0.2, -0.15) is 0 Å². The lowest BCUT2D eigenvalue weighted by molar-refractivity contribution is -0.141. The summed E-state index contributed by atoms with van der Waals surface area (Å²) in [7, 11) is 0. The maximum Gasteiger partial charge on any atom is 0.351 e. The quantitative estimate of drug-likeness (QED) is 0.372. The number of rotatable bonds is 8. The summed E-state index contributed by atoms with van der Waals surface area (Å²) in [6, 6.07) is -2.37. The molecule has 2 atom stereocenters. The van der Waals surface area contributed by atoms with Crippen molar-refractivity contribution in [3.8, 4) is 0 Å². The molecule has 1 rings (SSSR count). The van der Waals surface area contributed by atoms with Crippen molar-refractivity contribution in [2.75, 3.05) is 0 Å². The topological polar surface area (TPSA) is 174 Å². The molecule has 5 N–H and O–H groups in total. The average Bonchev–Trinajstić information content (AvgIpc) is 2.49. The molecule has 0 aromatic rings. The Hall–Kier alpha value is -3.17. The van der Waals surface area contributed by atoms with Crippen LogP contribution in [0.2, 0.25) is 0 Å². The second-order valence-corrected chi connectivity index (χ2v) is 4.93. The van der Waals surface area contributed by atoms with Crippen LogP contribution in [-0.2, 0) is 19.2 Å². The second kappa shape index (κ2) is 8.46. The van der Waals surface area contributed by atoms with Crippen LogP contribution in [0.5, 0.6) is 0 Å². The van der Waals surface area contributed by atoms with Gasteiger partial charge in [0, 0.05) is 19.1 Å². The van der Waals surface area contributed by atoms with Crippen LogP contribution >= 0.6 is 0 Å². The van der Waals surface area contributed by atoms with Gasteiger partial charge in [-0.15, -0.1) is 0 Å². The molecule has 0 bridgehead atoms. The van der Waals surface area contributed by atoms with Gasteiger partial charge < -0.3 is 25.7 Å². The highest BCUT2D eigenvalue weighted by Crippen LogP contribution is 2.16. The third kappa shape index (κ3) is 5.91. The Morgan fingerprint density at radius 3 is 2.42 bits per heavy atom. The summed E-state index contributed by atoms with van der Waals surface area (Å²) in [5.74, 6) is -4.99. The van der Waals surface area contributed by atoms with Gasteiger partial charge in [0.05, 0.1) is 0 Å². The normalized spacial score (nSPS) is 20.2. The van der Waals surface area contributed by atoms with Crippen molar-refractivity contribution >= 4 is 30.1 Å². The molecule has 0 aliphatic carbocycles. The summed E-state index contributed by atoms with van der Waals surface area (Å²) in [6.45, 7) is 0. The zero-order valence-corrected chi connectivity index (χ0v) is 12.4. The summed E-state index contributed by atoms with van der Waals surface area (Å²) in [4.78, 5) is 47.1. The second-order valence-electron chi connectivity index (χ2n) is 4.93. The first-order valence-electron chi connectivity index (χ1n) is 6.82. The lowest BCUT2D eigenvalue weighted by Gasteiger charge is -2.21. The van der Waals surface area contributed by atoms with E-state index in [0.29, 0.717) is 5.57 Å². The van der Waals surface area contributed by atoms with E-state index in [0.717, 1.165) is 6.21 Å². The van der Waals surface area contributed by atoms with Crippen LogP contribution in [0.4, 0.5) is 0 Å². The monoisotopic (exact) mass is 340 g/mol. The molecule has 0 aromatic heterocycles. The fraction of sp³-hybridized carbons (Fsp3) is 0.357. The smallest absolute Gasteiger partial charge is 0.351 e. The van der Waals surface area contributed by atoms with E-state index >= 15 is 0 Å². The molecule has 130 valence electrons. The van der Waals surface area contributed by atoms with E-state index in [4.69, 9.17) is 20.4 Å². The number of hydrogen-bond donors (Lipinski definition) is 5. The van der Waals surface area contributed by atoms with Crippen LogP contribution in [0.1, 0.15) is 19.3 Å². The number of hydrogen-bond acceptors (Lipinski definition) is 6. The predicted molar refractivity (Wildman–Crippen MR) is 79.8 cm³/mol. The summed E-state index contributed by atoms with van der Waals surface area (Å²) in [5.41, 5.74) is 0.0404. The molecule has 1 aliphatic heterocycles. The van der Waals surface area contributed by atoms with Crippen molar-refractivity contribution in [3.05, 3.63) is 23.4 Å². The first-order valence-corrected chi connectivity index (χ1v) is 6.82. The molecule has 0 fully saturated rings. The van der Waals surface area contributed by atoms with E-state index in [1.165, 1.54) is 12.2 Å². The van der Waals surface area contributed by atoms with Crippen molar-refractivity contribution in [3.63, 3.8) is 0 Å². The fourth-order valence-corrected chi connectivity index (χ4v) is 1.91. The standard InChI is InChI=1S/C14H16N2O8/c17-11(18)2-1-8(12(19)20)15-4-3-7-5-9(13(21)22)16-10(6-7)14(23)24/h3-5,8,10,16H,1-2,6H2,(H,17,18)(H,19,20)(H,21,22)(H,23,24)/b7-3+,15-4?/t8-,10-/m1/s1. The highest BCUT2D eigenvalue weighted by atomic mass is 16.4. The molecule has 0 saturated heterocycles. The van der Waals surface area contributed by atoms with Gasteiger partial charge >= 0.3 is 23.9 Å². The minimum absolute atomic E-state index is 0.00893. The molecule has 10 heteroatoms. The van der Waals surface area contributed by atoms with E-state index in [1.807, 2.05) is 0 Å². The maximum atomic E-state index is 11.0. The Kier molecular flexibility index (Phi) is 6.65. The summed E-state index contributed by atoms with van der Waals surface area (Å²) >= 11 is 0. The van der Waals surface area contributed by atoms with E-state index < -0.39 is 36.0 Å². The van der Waals surface area contributed by atoms with Crippen molar-refractivity contribution in [1.82, 2.24) is 5.32 Å². The fourth-order valence-electron chi connectivity index (χ4n) is 1.91. The SMILES string of the molecule is O=C(O)CC[C@@H](N=C/C=C1\C=C(C(=O)O)N[C@@H](C(=O)O)C1)C(=O)O. The molecule has 24 heavy (non-hydrogen) atoms. The third-order valence-electron chi connectivity index (χ3n) is 3.10. The number of nitrogens with one attached hydrogen (secondary N) is 1. The maximum absolute atomic E-state index is 11.0. The van der Waals surface area contributed by atoms with Crippen LogP contribution in [0, 0.1) is 0 Å². The minimum Gasteiger partial charge on any atom is -0.481 e. The highest BCUT2D eigenvalue weighted by Gasteiger charge is 2.26. The minimum atomic E-state index is -1.33. The van der Waals surface area contributed by atoms with Crippen LogP contribution in [0.3, 0.4) is 0 Å². The van der Waals surface area contributed by atoms with Gasteiger partial charge in [-0.25, -0.2) is 14.4 Å². The zero-order valence-electron chi connectivity index (χ0n) is 12.4. The Labute approximate surface area is 135 Å². The molecule has 0 aromatic carbocycles. The van der Waals surface area contributed by atoms with Crippen molar-refractivity contribution in [2.24, 2.45) is 4.99 Å². The first-order chi connectivity index (χ1) is 11.2. The van der Waals surface area contributed by atoms with Gasteiger partial charge in [0.2, 0.25) is 0 Å². The zero-order chi connectivity index (χ0) is 18.3. The molecular weight excluding hydrogens is 324 g/mol. The molecule has 0 saturated carbocycles. The van der Waals surface area contributed by atoms with E-state index in [2.05, 4.69) is 10.3 Å². The Bertz CT molecular complexity index is 635. The Morgan fingerprint density at radius 1 is 1.25 bits per heavy atom. The molecule has 0 amide bonds. The Morgan fingerprint density at radius 2 is 1.92 bits per heavy atom. The van der Waals surface area contributed by atoms with Crippen molar-refractivity contribution < 1.29 is 39.6 Å². The highest BCUT2D eigenvalue weighted by molar-refractivity contribution is 5.90. The largest absolute Gasteiger partial charge is 0.481 e. The van der Waals surface area contributed by atoms with Crippen LogP contribution in [-0.4, -0.2) is 62.6 Å². The van der Waals surface area contributed by atoms with Gasteiger partial charge in [-0.1, -0.05) is 0 Å². The lowest BCUT2D eigenvalue weighted by atomic mass is 10.00. The lowest BCUT2D eigenvalue weighted by Crippen LogP contribution is -2.41. The van der Waals surface area contributed by atoms with Crippen LogP contribution in [0.15, 0.2) is 28.4 Å². The van der Waals surface area contributed by atoms with Gasteiger partial charge in [-0.3, -0.25) is 9.79 Å². The molecular formula is C14H16N2O8. The summed E-state index contributed by atoms with van der Waals surface area (Å²) in [6.07, 6.45) is 3.07. The molecule has 10 nitrogen and oxygen atoms in total. The number of allylic oxidation sites excluding steroid dienone is 2. The summed E-state index contributed by atoms with van der Waals surface area (Å²) in [5, 5.41) is 37.8. The number of carbonyl (C=O) groups is 4. The van der Waals surface area contributed by atoms with Gasteiger partial charge in [-0.05, 0) is 24.1 Å². The van der Waals surface area contributed by atoms with E-state index in [-0.39, 0.29) is 25.0 Å². The summed E-state index contributed by atoms with van der Waals surface area (Å²) < 4.78 is 0. The van der Waals surface area contributed by atoms with Crippen LogP contribution < -0.4 is 5.32 Å². The molecule has 0 unspecified atom stereocenters. The molecule has 1 heterocycles. The first kappa shape index (κ1) is 18.9. The van der Waals surface area contributed by atoms with Gasteiger partial charge in [0.1, 0.15) is 17.8 Å². The number of carboxylic acid groups (broad SMARTS) is 4. The van der Waals surface area contributed by atoms with Crippen molar-refractivity contribution in [1.29, 1.82) is 0 Å². The number of nitrogens with zero attached hydrogens (tertiary/aromatic N) is 1. The Balaban J connectivity index is 2.90.